The van der Waals surface area contributed by atoms with Crippen LogP contribution in [0.2, 0.25) is 0 Å². The molecule has 35 heavy (non-hydrogen) atoms. The average molecular weight is 507 g/mol. The van der Waals surface area contributed by atoms with Crippen molar-refractivity contribution in [2.24, 2.45) is 17.1 Å². The highest BCUT2D eigenvalue weighted by Gasteiger charge is 2.48. The summed E-state index contributed by atoms with van der Waals surface area (Å²) in [6.07, 6.45) is -0.974. The highest BCUT2D eigenvalue weighted by molar-refractivity contribution is 7.15. The molecule has 1 aliphatic rings. The summed E-state index contributed by atoms with van der Waals surface area (Å²) in [6.45, 7) is 5.66. The Hall–Kier alpha value is -3.12. The normalized spacial score (nSPS) is 22.1. The van der Waals surface area contributed by atoms with Gasteiger partial charge in [-0.05, 0) is 49.3 Å². The lowest BCUT2D eigenvalue weighted by molar-refractivity contribution is -0.141. The fraction of sp³-hybridized carbons (Fsp3) is 0.435. The molecule has 3 heterocycles. The Morgan fingerprint density at radius 3 is 2.60 bits per heavy atom. The Labute approximate surface area is 203 Å². The Morgan fingerprint density at radius 2 is 1.94 bits per heavy atom. The van der Waals surface area contributed by atoms with Crippen molar-refractivity contribution in [2.75, 3.05) is 5.32 Å². The first kappa shape index (κ1) is 25.0. The topological polar surface area (TPSA) is 127 Å². The van der Waals surface area contributed by atoms with Crippen LogP contribution in [0.15, 0.2) is 30.7 Å². The van der Waals surface area contributed by atoms with Gasteiger partial charge in [0.05, 0.1) is 10.6 Å². The molecule has 1 saturated carbocycles. The minimum atomic E-state index is -4.59. The monoisotopic (exact) mass is 506 g/mol. The number of amides is 1. The molecule has 4 N–H and O–H groups in total. The molecular weight excluding hydrogens is 481 g/mol. The van der Waals surface area contributed by atoms with Gasteiger partial charge in [-0.2, -0.15) is 13.2 Å². The Bertz CT molecular complexity index is 1260. The van der Waals surface area contributed by atoms with E-state index in [1.54, 1.807) is 12.3 Å². The van der Waals surface area contributed by atoms with Crippen molar-refractivity contribution < 1.29 is 23.1 Å². The number of thiazole rings is 1. The molecular formula is C23H25F3N6O2S. The maximum Gasteiger partial charge on any atom is 0.433 e. The highest BCUT2D eigenvalue weighted by atomic mass is 32.1. The number of aryl methyl sites for hydroxylation is 1. The van der Waals surface area contributed by atoms with E-state index in [1.807, 2.05) is 26.8 Å². The molecule has 0 bridgehead atoms. The first-order chi connectivity index (χ1) is 16.3. The molecule has 3 aromatic rings. The number of primary amides is 1. The molecule has 4 rings (SSSR count). The quantitative estimate of drug-likeness (QED) is 0.463. The largest absolute Gasteiger partial charge is 0.433 e. The highest BCUT2D eigenvalue weighted by Crippen LogP contribution is 2.50. The van der Waals surface area contributed by atoms with E-state index < -0.39 is 22.9 Å². The molecule has 0 aliphatic heterocycles. The SMILES string of the molecule is Cc1cc(Nc2cc(C(F)(F)F)ncn2)nc(-c2cnc([C@]3(O)CC[C@@H](C(N)=O)C(C)(C)C3)s2)c1. The number of aliphatic hydroxyl groups is 1. The fourth-order valence-electron chi connectivity index (χ4n) is 4.63. The van der Waals surface area contributed by atoms with Crippen LogP contribution in [-0.4, -0.2) is 30.9 Å². The van der Waals surface area contributed by atoms with Gasteiger partial charge in [0.15, 0.2) is 0 Å². The number of anilines is 2. The molecule has 12 heteroatoms. The zero-order valence-corrected chi connectivity index (χ0v) is 20.2. The van der Waals surface area contributed by atoms with Gasteiger partial charge in [0, 0.05) is 18.2 Å². The molecule has 0 unspecified atom stereocenters. The van der Waals surface area contributed by atoms with Crippen molar-refractivity contribution in [3.05, 3.63) is 47.0 Å². The first-order valence-electron chi connectivity index (χ1n) is 10.9. The third-order valence-electron chi connectivity index (χ3n) is 6.22. The number of nitrogens with two attached hydrogens (primary N) is 1. The maximum absolute atomic E-state index is 13.0. The van der Waals surface area contributed by atoms with Crippen LogP contribution in [0.5, 0.6) is 0 Å². The van der Waals surface area contributed by atoms with E-state index in [0.29, 0.717) is 40.7 Å². The van der Waals surface area contributed by atoms with Gasteiger partial charge in [-0.1, -0.05) is 13.8 Å². The third-order valence-corrected chi connectivity index (χ3v) is 7.43. The zero-order chi connectivity index (χ0) is 25.6. The molecule has 0 aromatic carbocycles. The van der Waals surface area contributed by atoms with E-state index in [9.17, 15) is 23.1 Å². The number of carbonyl (C=O) groups excluding carboxylic acids is 1. The molecule has 1 fully saturated rings. The third kappa shape index (κ3) is 5.27. The lowest BCUT2D eigenvalue weighted by Gasteiger charge is -2.44. The van der Waals surface area contributed by atoms with Crippen LogP contribution in [0.1, 0.15) is 49.4 Å². The summed E-state index contributed by atoms with van der Waals surface area (Å²) in [6, 6.07) is 4.32. The summed E-state index contributed by atoms with van der Waals surface area (Å²) >= 11 is 1.29. The summed E-state index contributed by atoms with van der Waals surface area (Å²) in [4.78, 5) is 28.6. The Kier molecular flexibility index (Phi) is 6.30. The van der Waals surface area contributed by atoms with Crippen LogP contribution in [-0.2, 0) is 16.6 Å². The molecule has 0 spiro atoms. The molecule has 1 aliphatic carbocycles. The van der Waals surface area contributed by atoms with Crippen molar-refractivity contribution in [1.82, 2.24) is 19.9 Å². The second-order valence-corrected chi connectivity index (χ2v) is 10.6. The fourth-order valence-corrected chi connectivity index (χ4v) is 5.62. The van der Waals surface area contributed by atoms with Gasteiger partial charge in [-0.25, -0.2) is 19.9 Å². The molecule has 0 saturated heterocycles. The van der Waals surface area contributed by atoms with E-state index >= 15 is 0 Å². The lowest BCUT2D eigenvalue weighted by atomic mass is 9.63. The molecule has 8 nitrogen and oxygen atoms in total. The Morgan fingerprint density at radius 1 is 1.20 bits per heavy atom. The number of nitrogens with zero attached hydrogens (tertiary/aromatic N) is 4. The summed E-state index contributed by atoms with van der Waals surface area (Å²) in [5.41, 5.74) is 4.18. The predicted octanol–water partition coefficient (Wildman–Crippen LogP) is 4.57. The van der Waals surface area contributed by atoms with Gasteiger partial charge in [0.2, 0.25) is 5.91 Å². The first-order valence-corrected chi connectivity index (χ1v) is 11.7. The van der Waals surface area contributed by atoms with Crippen molar-refractivity contribution >= 4 is 28.9 Å². The van der Waals surface area contributed by atoms with Gasteiger partial charge >= 0.3 is 6.18 Å². The number of carbonyl (C=O) groups is 1. The van der Waals surface area contributed by atoms with Crippen molar-refractivity contribution in [1.29, 1.82) is 0 Å². The molecule has 1 amide bonds. The van der Waals surface area contributed by atoms with Crippen LogP contribution in [0.4, 0.5) is 24.8 Å². The molecule has 186 valence electrons. The summed E-state index contributed by atoms with van der Waals surface area (Å²) < 4.78 is 38.9. The molecule has 2 atom stereocenters. The molecule has 3 aromatic heterocycles. The van der Waals surface area contributed by atoms with Crippen molar-refractivity contribution in [2.45, 2.75) is 51.8 Å². The maximum atomic E-state index is 13.0. The van der Waals surface area contributed by atoms with E-state index in [-0.39, 0.29) is 17.6 Å². The van der Waals surface area contributed by atoms with Gasteiger partial charge in [-0.3, -0.25) is 4.79 Å². The number of hydrogen-bond donors (Lipinski definition) is 3. The minimum Gasteiger partial charge on any atom is -0.383 e. The summed E-state index contributed by atoms with van der Waals surface area (Å²) in [7, 11) is 0. The second kappa shape index (κ2) is 8.83. The standard InChI is InChI=1S/C23H25F3N6O2S/c1-12-6-14(31-18(7-12)32-17-8-16(23(24,25)26)29-11-30-17)15-9-28-20(35-15)22(34)5-4-13(19(27)33)21(2,3)10-22/h6-9,11,13,34H,4-5,10H2,1-3H3,(H2,27,33)(H,29,30,31,32)/t13-,22-/m0/s1. The average Bonchev–Trinajstić information content (AvgIpc) is 3.23. The van der Waals surface area contributed by atoms with Crippen LogP contribution in [0.3, 0.4) is 0 Å². The van der Waals surface area contributed by atoms with Gasteiger partial charge in [-0.15, -0.1) is 11.3 Å². The number of hydrogen-bond acceptors (Lipinski definition) is 8. The van der Waals surface area contributed by atoms with E-state index in [0.717, 1.165) is 18.0 Å². The van der Waals surface area contributed by atoms with Crippen molar-refractivity contribution in [3.8, 4) is 10.6 Å². The number of pyridine rings is 1. The van der Waals surface area contributed by atoms with Crippen LogP contribution in [0, 0.1) is 18.3 Å². The van der Waals surface area contributed by atoms with Gasteiger partial charge in [0.1, 0.15) is 34.3 Å². The van der Waals surface area contributed by atoms with E-state index in [4.69, 9.17) is 5.73 Å². The number of aromatic nitrogens is 4. The summed E-state index contributed by atoms with van der Waals surface area (Å²) in [5, 5.41) is 14.7. The van der Waals surface area contributed by atoms with Gasteiger partial charge in [0.25, 0.3) is 0 Å². The number of alkyl halides is 3. The molecule has 0 radical (unpaired) electrons. The number of rotatable bonds is 5. The van der Waals surface area contributed by atoms with Crippen LogP contribution in [0.25, 0.3) is 10.6 Å². The predicted molar refractivity (Wildman–Crippen MR) is 125 cm³/mol. The Balaban J connectivity index is 1.59. The zero-order valence-electron chi connectivity index (χ0n) is 19.3. The van der Waals surface area contributed by atoms with Gasteiger partial charge < -0.3 is 16.2 Å². The second-order valence-electron chi connectivity index (χ2n) is 9.55. The smallest absolute Gasteiger partial charge is 0.383 e. The van der Waals surface area contributed by atoms with E-state index in [1.165, 1.54) is 11.3 Å². The minimum absolute atomic E-state index is 0.0379. The summed E-state index contributed by atoms with van der Waals surface area (Å²) in [5.74, 6) is -0.423. The van der Waals surface area contributed by atoms with Crippen LogP contribution >= 0.6 is 11.3 Å². The van der Waals surface area contributed by atoms with Crippen molar-refractivity contribution in [3.63, 3.8) is 0 Å². The van der Waals surface area contributed by atoms with Crippen LogP contribution < -0.4 is 11.1 Å². The number of halogens is 3. The van der Waals surface area contributed by atoms with E-state index in [2.05, 4.69) is 25.3 Å². The number of nitrogens with one attached hydrogen (secondary N) is 1. The lowest BCUT2D eigenvalue weighted by Crippen LogP contribution is -2.46.